The first kappa shape index (κ1) is 17.2. The van der Waals surface area contributed by atoms with Crippen molar-refractivity contribution in [2.75, 3.05) is 7.05 Å². The van der Waals surface area contributed by atoms with Gasteiger partial charge in [-0.25, -0.2) is 0 Å². The summed E-state index contributed by atoms with van der Waals surface area (Å²) in [5.74, 6) is 0. The van der Waals surface area contributed by atoms with Crippen molar-refractivity contribution in [1.82, 2.24) is 4.90 Å². The highest BCUT2D eigenvalue weighted by Crippen LogP contribution is 2.41. The number of rotatable bonds is 4. The van der Waals surface area contributed by atoms with E-state index in [2.05, 4.69) is 0 Å². The minimum absolute atomic E-state index is 0.0613. The fourth-order valence-corrected chi connectivity index (χ4v) is 3.86. The minimum atomic E-state index is -0.570. The molecule has 2 unspecified atom stereocenters. The Labute approximate surface area is 149 Å². The second-order valence-electron chi connectivity index (χ2n) is 6.01. The van der Waals surface area contributed by atoms with Gasteiger partial charge in [0.25, 0.3) is 5.69 Å². The molecule has 2 atom stereocenters. The van der Waals surface area contributed by atoms with E-state index in [4.69, 9.17) is 23.2 Å². The van der Waals surface area contributed by atoms with Crippen LogP contribution in [0.2, 0.25) is 10.0 Å². The lowest BCUT2D eigenvalue weighted by molar-refractivity contribution is -0.384. The lowest BCUT2D eigenvalue weighted by Gasteiger charge is -2.28. The summed E-state index contributed by atoms with van der Waals surface area (Å²) < 4.78 is 0. The van der Waals surface area contributed by atoms with E-state index in [1.807, 2.05) is 18.0 Å². The molecule has 2 aromatic carbocycles. The molecule has 7 heteroatoms. The summed E-state index contributed by atoms with van der Waals surface area (Å²) in [7, 11) is 1.90. The van der Waals surface area contributed by atoms with Crippen LogP contribution in [0.15, 0.2) is 36.4 Å². The average Bonchev–Trinajstić information content (AvgIpc) is 2.84. The number of benzene rings is 2. The highest BCUT2D eigenvalue weighted by Gasteiger charge is 2.35. The zero-order valence-electron chi connectivity index (χ0n) is 12.9. The number of aliphatic hydroxyl groups is 1. The summed E-state index contributed by atoms with van der Waals surface area (Å²) >= 11 is 12.3. The Hall–Kier alpha value is -1.66. The van der Waals surface area contributed by atoms with Gasteiger partial charge < -0.3 is 5.11 Å². The van der Waals surface area contributed by atoms with Crippen LogP contribution in [0, 0.1) is 10.1 Å². The first-order valence-electron chi connectivity index (χ1n) is 7.46. The highest BCUT2D eigenvalue weighted by atomic mass is 35.5. The number of nitro groups is 1. The molecule has 0 radical (unpaired) electrons. The maximum atomic E-state index is 10.7. The third-order valence-corrected chi connectivity index (χ3v) is 4.90. The first-order chi connectivity index (χ1) is 11.4. The summed E-state index contributed by atoms with van der Waals surface area (Å²) in [5.41, 5.74) is 2.85. The van der Waals surface area contributed by atoms with Crippen molar-refractivity contribution in [3.05, 3.63) is 73.2 Å². The van der Waals surface area contributed by atoms with Crippen molar-refractivity contribution in [3.63, 3.8) is 0 Å². The second-order valence-corrected chi connectivity index (χ2v) is 6.85. The van der Waals surface area contributed by atoms with Gasteiger partial charge in [-0.3, -0.25) is 15.0 Å². The molecule has 1 N–H and O–H groups in total. The molecule has 0 spiro atoms. The minimum Gasteiger partial charge on any atom is -0.391 e. The molecule has 0 aromatic heterocycles. The smallest absolute Gasteiger partial charge is 0.269 e. The number of nitrogens with zero attached hydrogens (tertiary/aromatic N) is 2. The number of hydrogen-bond donors (Lipinski definition) is 1. The molecule has 0 amide bonds. The molecular weight excluding hydrogens is 351 g/mol. The molecule has 1 aliphatic carbocycles. The standard InChI is InChI=1S/C17H16Cl2N2O3/c1-20(9-10-2-4-12(5-3-10)21(23)24)17-14-6-11(18)7-15(19)13(14)8-16(17)22/h2-7,16-17,22H,8-9H2,1H3. The molecule has 3 rings (SSSR count). The van der Waals surface area contributed by atoms with Crippen LogP contribution in [0.3, 0.4) is 0 Å². The number of likely N-dealkylation sites (N-methyl/N-ethyl adjacent to an activating group) is 1. The Balaban J connectivity index is 1.83. The molecular formula is C17H16Cl2N2O3. The van der Waals surface area contributed by atoms with Crippen LogP contribution in [-0.2, 0) is 13.0 Å². The topological polar surface area (TPSA) is 66.6 Å². The summed E-state index contributed by atoms with van der Waals surface area (Å²) in [6.45, 7) is 0.545. The van der Waals surface area contributed by atoms with Crippen LogP contribution in [0.5, 0.6) is 0 Å². The Bertz CT molecular complexity index is 780. The van der Waals surface area contributed by atoms with Gasteiger partial charge in [0.05, 0.1) is 17.1 Å². The van der Waals surface area contributed by atoms with Gasteiger partial charge in [0.2, 0.25) is 0 Å². The largest absolute Gasteiger partial charge is 0.391 e. The van der Waals surface area contributed by atoms with Crippen molar-refractivity contribution in [3.8, 4) is 0 Å². The van der Waals surface area contributed by atoms with Gasteiger partial charge in [-0.15, -0.1) is 0 Å². The fraction of sp³-hybridized carbons (Fsp3) is 0.294. The van der Waals surface area contributed by atoms with E-state index >= 15 is 0 Å². The van der Waals surface area contributed by atoms with Gasteiger partial charge in [0, 0.05) is 35.1 Å². The van der Waals surface area contributed by atoms with Crippen LogP contribution < -0.4 is 0 Å². The Morgan fingerprint density at radius 3 is 2.58 bits per heavy atom. The van der Waals surface area contributed by atoms with Crippen molar-refractivity contribution >= 4 is 28.9 Å². The number of aliphatic hydroxyl groups excluding tert-OH is 1. The molecule has 0 fully saturated rings. The van der Waals surface area contributed by atoms with Crippen molar-refractivity contribution in [2.45, 2.75) is 25.1 Å². The molecule has 1 aliphatic rings. The Kier molecular flexibility index (Phi) is 4.78. The van der Waals surface area contributed by atoms with E-state index in [0.29, 0.717) is 23.0 Å². The van der Waals surface area contributed by atoms with E-state index in [1.54, 1.807) is 18.2 Å². The molecule has 5 nitrogen and oxygen atoms in total. The molecule has 24 heavy (non-hydrogen) atoms. The Morgan fingerprint density at radius 2 is 1.96 bits per heavy atom. The van der Waals surface area contributed by atoms with Gasteiger partial charge in [0.15, 0.2) is 0 Å². The van der Waals surface area contributed by atoms with E-state index in [-0.39, 0.29) is 11.7 Å². The van der Waals surface area contributed by atoms with Crippen molar-refractivity contribution in [1.29, 1.82) is 0 Å². The molecule has 0 saturated heterocycles. The van der Waals surface area contributed by atoms with Gasteiger partial charge in [-0.1, -0.05) is 35.3 Å². The molecule has 2 aromatic rings. The third-order valence-electron chi connectivity index (χ3n) is 4.35. The highest BCUT2D eigenvalue weighted by molar-refractivity contribution is 6.35. The summed E-state index contributed by atoms with van der Waals surface area (Å²) in [6.07, 6.45) is -0.0836. The predicted molar refractivity (Wildman–Crippen MR) is 93.5 cm³/mol. The molecule has 0 aliphatic heterocycles. The fourth-order valence-electron chi connectivity index (χ4n) is 3.27. The van der Waals surface area contributed by atoms with E-state index in [0.717, 1.165) is 16.7 Å². The van der Waals surface area contributed by atoms with Gasteiger partial charge >= 0.3 is 0 Å². The van der Waals surface area contributed by atoms with Gasteiger partial charge in [-0.2, -0.15) is 0 Å². The van der Waals surface area contributed by atoms with E-state index in [1.165, 1.54) is 12.1 Å². The zero-order valence-corrected chi connectivity index (χ0v) is 14.5. The number of fused-ring (bicyclic) bond motifs is 1. The van der Waals surface area contributed by atoms with E-state index in [9.17, 15) is 15.2 Å². The third kappa shape index (κ3) is 3.26. The zero-order chi connectivity index (χ0) is 17.4. The van der Waals surface area contributed by atoms with Crippen molar-refractivity contribution in [2.24, 2.45) is 0 Å². The lowest BCUT2D eigenvalue weighted by atomic mass is 10.1. The number of nitro benzene ring substituents is 1. The maximum absolute atomic E-state index is 10.7. The van der Waals surface area contributed by atoms with Crippen LogP contribution in [0.4, 0.5) is 5.69 Å². The maximum Gasteiger partial charge on any atom is 0.269 e. The van der Waals surface area contributed by atoms with Crippen LogP contribution in [0.1, 0.15) is 22.7 Å². The van der Waals surface area contributed by atoms with Crippen LogP contribution in [0.25, 0.3) is 0 Å². The van der Waals surface area contributed by atoms with Crippen LogP contribution >= 0.6 is 23.2 Å². The molecule has 0 saturated carbocycles. The number of halogens is 2. The first-order valence-corrected chi connectivity index (χ1v) is 8.22. The van der Waals surface area contributed by atoms with Gasteiger partial charge in [-0.05, 0) is 35.9 Å². The quantitative estimate of drug-likeness (QED) is 0.656. The number of hydrogen-bond acceptors (Lipinski definition) is 4. The van der Waals surface area contributed by atoms with E-state index < -0.39 is 11.0 Å². The second kappa shape index (κ2) is 6.69. The molecule has 0 bridgehead atoms. The summed E-state index contributed by atoms with van der Waals surface area (Å²) in [4.78, 5) is 12.3. The van der Waals surface area contributed by atoms with Gasteiger partial charge in [0.1, 0.15) is 0 Å². The van der Waals surface area contributed by atoms with Crippen molar-refractivity contribution < 1.29 is 10.0 Å². The molecule has 126 valence electrons. The lowest BCUT2D eigenvalue weighted by Crippen LogP contribution is -2.30. The summed E-state index contributed by atoms with van der Waals surface area (Å²) in [6, 6.07) is 9.73. The van der Waals surface area contributed by atoms with Crippen LogP contribution in [-0.4, -0.2) is 28.1 Å². The normalized spacial score (nSPS) is 19.5. The Morgan fingerprint density at radius 1 is 1.29 bits per heavy atom. The number of non-ortho nitro benzene ring substituents is 1. The SMILES string of the molecule is CN(Cc1ccc([N+](=O)[O-])cc1)C1c2cc(Cl)cc(Cl)c2CC1O. The average molecular weight is 367 g/mol. The predicted octanol–water partition coefficient (Wildman–Crippen LogP) is 3.99. The summed E-state index contributed by atoms with van der Waals surface area (Å²) in [5, 5.41) is 22.3. The monoisotopic (exact) mass is 366 g/mol. The molecule has 0 heterocycles.